The van der Waals surface area contributed by atoms with Crippen molar-refractivity contribution in [3.63, 3.8) is 0 Å². The first-order valence-electron chi connectivity index (χ1n) is 11.2. The Balaban J connectivity index is 1.45. The number of aromatic nitrogens is 2. The average molecular weight is 413 g/mol. The second kappa shape index (κ2) is 11.1. The lowest BCUT2D eigenvalue weighted by Gasteiger charge is -2.33. The molecule has 0 saturated carbocycles. The number of guanidine groups is 1. The van der Waals surface area contributed by atoms with Gasteiger partial charge in [-0.25, -0.2) is 0 Å². The van der Waals surface area contributed by atoms with Crippen LogP contribution in [0.15, 0.2) is 33.8 Å². The molecular formula is C23H36N6O. The number of hydrogen-bond donors (Lipinski definition) is 2. The first-order chi connectivity index (χ1) is 14.5. The van der Waals surface area contributed by atoms with Crippen molar-refractivity contribution in [3.8, 4) is 0 Å². The molecule has 1 fully saturated rings. The molecule has 2 N–H and O–H groups in total. The van der Waals surface area contributed by atoms with Crippen LogP contribution in [0.1, 0.15) is 62.4 Å². The summed E-state index contributed by atoms with van der Waals surface area (Å²) in [5.74, 6) is 2.57. The van der Waals surface area contributed by atoms with Crippen molar-refractivity contribution in [1.82, 2.24) is 25.7 Å². The largest absolute Gasteiger partial charge is 0.357 e. The van der Waals surface area contributed by atoms with E-state index in [-0.39, 0.29) is 5.92 Å². The molecule has 7 nitrogen and oxygen atoms in total. The number of aliphatic imine (C=N–C) groups is 1. The van der Waals surface area contributed by atoms with Gasteiger partial charge in [-0.05, 0) is 32.3 Å². The quantitative estimate of drug-likeness (QED) is 0.512. The molecule has 1 aliphatic heterocycles. The van der Waals surface area contributed by atoms with Gasteiger partial charge in [-0.3, -0.25) is 9.89 Å². The number of nitrogens with one attached hydrogen (secondary N) is 2. The van der Waals surface area contributed by atoms with Gasteiger partial charge in [0.1, 0.15) is 0 Å². The van der Waals surface area contributed by atoms with Gasteiger partial charge in [0.15, 0.2) is 11.8 Å². The highest BCUT2D eigenvalue weighted by atomic mass is 16.5. The Morgan fingerprint density at radius 2 is 2.10 bits per heavy atom. The van der Waals surface area contributed by atoms with E-state index in [4.69, 9.17) is 9.52 Å². The Morgan fingerprint density at radius 1 is 1.30 bits per heavy atom. The molecule has 30 heavy (non-hydrogen) atoms. The Labute approximate surface area is 180 Å². The van der Waals surface area contributed by atoms with E-state index in [9.17, 15) is 0 Å². The molecule has 2 aromatic rings. The monoisotopic (exact) mass is 412 g/mol. The highest BCUT2D eigenvalue weighted by Crippen LogP contribution is 2.15. The van der Waals surface area contributed by atoms with Crippen LogP contribution in [0.4, 0.5) is 0 Å². The number of nitrogens with zero attached hydrogens (tertiary/aromatic N) is 4. The van der Waals surface area contributed by atoms with Crippen LogP contribution in [0.5, 0.6) is 0 Å². The van der Waals surface area contributed by atoms with Gasteiger partial charge < -0.3 is 15.2 Å². The zero-order chi connectivity index (χ0) is 21.3. The molecule has 1 saturated heterocycles. The number of rotatable bonds is 8. The van der Waals surface area contributed by atoms with E-state index in [0.29, 0.717) is 24.9 Å². The van der Waals surface area contributed by atoms with Crippen LogP contribution in [-0.2, 0) is 13.0 Å². The van der Waals surface area contributed by atoms with Gasteiger partial charge in [0.05, 0.1) is 6.54 Å². The number of aryl methyl sites for hydroxylation is 1. The molecule has 0 amide bonds. The van der Waals surface area contributed by atoms with Crippen molar-refractivity contribution in [1.29, 1.82) is 0 Å². The summed E-state index contributed by atoms with van der Waals surface area (Å²) in [6.45, 7) is 13.1. The van der Waals surface area contributed by atoms with E-state index < -0.39 is 0 Å². The first kappa shape index (κ1) is 22.3. The lowest BCUT2D eigenvalue weighted by atomic mass is 10.0. The van der Waals surface area contributed by atoms with Crippen LogP contribution in [0, 0.1) is 6.92 Å². The third kappa shape index (κ3) is 6.83. The summed E-state index contributed by atoms with van der Waals surface area (Å²) in [4.78, 5) is 11.7. The number of benzene rings is 1. The van der Waals surface area contributed by atoms with Gasteiger partial charge in [0.2, 0.25) is 5.89 Å². The van der Waals surface area contributed by atoms with Gasteiger partial charge in [0, 0.05) is 44.6 Å². The van der Waals surface area contributed by atoms with E-state index in [1.165, 1.54) is 11.1 Å². The van der Waals surface area contributed by atoms with Crippen molar-refractivity contribution < 1.29 is 4.52 Å². The highest BCUT2D eigenvalue weighted by molar-refractivity contribution is 5.80. The molecule has 0 radical (unpaired) electrons. The van der Waals surface area contributed by atoms with Gasteiger partial charge >= 0.3 is 0 Å². The SMILES string of the molecule is CCNC(=NCCc1nc(C(C)C)no1)NC1CCN(Cc2cccc(C)c2)CC1. The molecule has 0 aliphatic carbocycles. The zero-order valence-corrected chi connectivity index (χ0v) is 18.8. The average Bonchev–Trinajstić information content (AvgIpc) is 3.19. The molecule has 0 unspecified atom stereocenters. The Hall–Kier alpha value is -2.41. The van der Waals surface area contributed by atoms with E-state index in [2.05, 4.69) is 77.6 Å². The Bertz CT molecular complexity index is 808. The smallest absolute Gasteiger partial charge is 0.228 e. The predicted octanol–water partition coefficient (Wildman–Crippen LogP) is 3.26. The van der Waals surface area contributed by atoms with Crippen molar-refractivity contribution in [3.05, 3.63) is 47.1 Å². The first-order valence-corrected chi connectivity index (χ1v) is 11.2. The van der Waals surface area contributed by atoms with E-state index >= 15 is 0 Å². The molecule has 0 bridgehead atoms. The van der Waals surface area contributed by atoms with Crippen molar-refractivity contribution in [2.75, 3.05) is 26.2 Å². The van der Waals surface area contributed by atoms with Gasteiger partial charge in [-0.1, -0.05) is 48.8 Å². The minimum absolute atomic E-state index is 0.279. The fourth-order valence-corrected chi connectivity index (χ4v) is 3.68. The van der Waals surface area contributed by atoms with E-state index in [0.717, 1.165) is 50.8 Å². The van der Waals surface area contributed by atoms with E-state index in [1.807, 2.05) is 0 Å². The van der Waals surface area contributed by atoms with Gasteiger partial charge in [-0.2, -0.15) is 4.98 Å². The fourth-order valence-electron chi connectivity index (χ4n) is 3.68. The standard InChI is InChI=1S/C23H36N6O/c1-5-24-23(25-12-9-21-27-22(17(2)3)28-30-21)26-20-10-13-29(14-11-20)16-19-8-6-7-18(4)15-19/h6-8,15,17,20H,5,9-14,16H2,1-4H3,(H2,24,25,26). The normalized spacial score (nSPS) is 16.2. The molecule has 1 aliphatic rings. The number of piperidine rings is 1. The summed E-state index contributed by atoms with van der Waals surface area (Å²) in [5, 5.41) is 11.0. The zero-order valence-electron chi connectivity index (χ0n) is 18.8. The van der Waals surface area contributed by atoms with Crippen LogP contribution in [0.25, 0.3) is 0 Å². The van der Waals surface area contributed by atoms with Gasteiger partial charge in [-0.15, -0.1) is 0 Å². The summed E-state index contributed by atoms with van der Waals surface area (Å²) in [7, 11) is 0. The number of hydrogen-bond acceptors (Lipinski definition) is 5. The topological polar surface area (TPSA) is 78.6 Å². The molecule has 3 rings (SSSR count). The molecular weight excluding hydrogens is 376 g/mol. The summed E-state index contributed by atoms with van der Waals surface area (Å²) in [5.41, 5.74) is 2.73. The van der Waals surface area contributed by atoms with Gasteiger partial charge in [0.25, 0.3) is 0 Å². The van der Waals surface area contributed by atoms with Crippen LogP contribution in [-0.4, -0.2) is 53.2 Å². The van der Waals surface area contributed by atoms with Crippen molar-refractivity contribution in [2.24, 2.45) is 4.99 Å². The summed E-state index contributed by atoms with van der Waals surface area (Å²) >= 11 is 0. The molecule has 0 spiro atoms. The summed E-state index contributed by atoms with van der Waals surface area (Å²) < 4.78 is 5.31. The second-order valence-corrected chi connectivity index (χ2v) is 8.40. The summed E-state index contributed by atoms with van der Waals surface area (Å²) in [6.07, 6.45) is 2.90. The maximum absolute atomic E-state index is 5.31. The second-order valence-electron chi connectivity index (χ2n) is 8.40. The van der Waals surface area contributed by atoms with Crippen LogP contribution in [0.3, 0.4) is 0 Å². The molecule has 2 heterocycles. The third-order valence-corrected chi connectivity index (χ3v) is 5.36. The molecule has 7 heteroatoms. The lowest BCUT2D eigenvalue weighted by molar-refractivity contribution is 0.198. The van der Waals surface area contributed by atoms with Crippen molar-refractivity contribution in [2.45, 2.75) is 65.5 Å². The van der Waals surface area contributed by atoms with Crippen molar-refractivity contribution >= 4 is 5.96 Å². The maximum atomic E-state index is 5.31. The molecule has 1 aromatic heterocycles. The molecule has 164 valence electrons. The third-order valence-electron chi connectivity index (χ3n) is 5.36. The Morgan fingerprint density at radius 3 is 2.77 bits per heavy atom. The van der Waals surface area contributed by atoms with Crippen LogP contribution >= 0.6 is 0 Å². The predicted molar refractivity (Wildman–Crippen MR) is 121 cm³/mol. The van der Waals surface area contributed by atoms with Crippen LogP contribution in [0.2, 0.25) is 0 Å². The molecule has 0 atom stereocenters. The number of likely N-dealkylation sites (tertiary alicyclic amines) is 1. The minimum Gasteiger partial charge on any atom is -0.357 e. The molecule has 1 aromatic carbocycles. The maximum Gasteiger partial charge on any atom is 0.228 e. The Kier molecular flexibility index (Phi) is 8.25. The fraction of sp³-hybridized carbons (Fsp3) is 0.609. The van der Waals surface area contributed by atoms with Crippen LogP contribution < -0.4 is 10.6 Å². The van der Waals surface area contributed by atoms with E-state index in [1.54, 1.807) is 0 Å². The lowest BCUT2D eigenvalue weighted by Crippen LogP contribution is -2.48. The summed E-state index contributed by atoms with van der Waals surface area (Å²) in [6, 6.07) is 9.26. The highest BCUT2D eigenvalue weighted by Gasteiger charge is 2.20. The minimum atomic E-state index is 0.279.